The van der Waals surface area contributed by atoms with E-state index < -0.39 is 22.9 Å². The molecule has 0 saturated carbocycles. The van der Waals surface area contributed by atoms with Gasteiger partial charge in [-0.2, -0.15) is 0 Å². The van der Waals surface area contributed by atoms with Crippen molar-refractivity contribution in [3.8, 4) is 0 Å². The van der Waals surface area contributed by atoms with E-state index >= 15 is 0 Å². The van der Waals surface area contributed by atoms with Gasteiger partial charge in [-0.05, 0) is 11.1 Å². The van der Waals surface area contributed by atoms with Gasteiger partial charge in [0.25, 0.3) is 0 Å². The van der Waals surface area contributed by atoms with Gasteiger partial charge in [-0.15, -0.1) is 0 Å². The molecule has 0 saturated heterocycles. The van der Waals surface area contributed by atoms with E-state index in [1.807, 2.05) is 0 Å². The average molecular weight is 389 g/mol. The van der Waals surface area contributed by atoms with Gasteiger partial charge in [0.1, 0.15) is 12.1 Å². The topological polar surface area (TPSA) is 92.3 Å². The molecule has 6 heteroatoms. The molecule has 0 heterocycles. The van der Waals surface area contributed by atoms with Gasteiger partial charge in [0.15, 0.2) is 11.6 Å². The Labute approximate surface area is 167 Å². The Kier molecular flexibility index (Phi) is 7.29. The summed E-state index contributed by atoms with van der Waals surface area (Å²) in [5.41, 5.74) is -0.183. The van der Waals surface area contributed by atoms with Gasteiger partial charge in [0.05, 0.1) is 0 Å². The molecule has 1 rings (SSSR count). The van der Waals surface area contributed by atoms with Crippen LogP contribution < -0.4 is 10.6 Å². The van der Waals surface area contributed by atoms with Crippen molar-refractivity contribution in [1.29, 1.82) is 0 Å². The number of hydrogen-bond donors (Lipinski definition) is 2. The SMILES string of the molecule is CC(=O)NC(C(=O)C(C)(C)C)c1cccc(C(NC(C)=O)C(=O)C(C)(C)C)c1. The molecular weight excluding hydrogens is 356 g/mol. The lowest BCUT2D eigenvalue weighted by Crippen LogP contribution is -2.39. The third-order valence-corrected chi connectivity index (χ3v) is 4.28. The van der Waals surface area contributed by atoms with Gasteiger partial charge in [-0.1, -0.05) is 65.8 Å². The molecule has 0 spiro atoms. The molecule has 1 aromatic rings. The monoisotopic (exact) mass is 388 g/mol. The molecule has 0 bridgehead atoms. The molecule has 0 aliphatic rings. The van der Waals surface area contributed by atoms with Gasteiger partial charge in [-0.3, -0.25) is 19.2 Å². The number of rotatable bonds is 6. The third-order valence-electron chi connectivity index (χ3n) is 4.28. The zero-order chi connectivity index (χ0) is 21.9. The third kappa shape index (κ3) is 6.29. The van der Waals surface area contributed by atoms with Gasteiger partial charge < -0.3 is 10.6 Å². The second-order valence-electron chi connectivity index (χ2n) is 9.17. The lowest BCUT2D eigenvalue weighted by atomic mass is 9.81. The van der Waals surface area contributed by atoms with Crippen LogP contribution in [0.5, 0.6) is 0 Å². The molecule has 2 N–H and O–H groups in total. The first-order valence-electron chi connectivity index (χ1n) is 9.37. The Balaban J connectivity index is 3.46. The maximum Gasteiger partial charge on any atom is 0.217 e. The fraction of sp³-hybridized carbons (Fsp3) is 0.545. The molecule has 0 fully saturated rings. The fourth-order valence-corrected chi connectivity index (χ4v) is 2.79. The first-order chi connectivity index (χ1) is 12.6. The zero-order valence-electron chi connectivity index (χ0n) is 18.1. The Morgan fingerprint density at radius 2 is 1.04 bits per heavy atom. The van der Waals surface area contributed by atoms with Crippen LogP contribution in [0.3, 0.4) is 0 Å². The summed E-state index contributed by atoms with van der Waals surface area (Å²) < 4.78 is 0. The molecule has 28 heavy (non-hydrogen) atoms. The second-order valence-corrected chi connectivity index (χ2v) is 9.17. The molecule has 2 unspecified atom stereocenters. The summed E-state index contributed by atoms with van der Waals surface area (Å²) >= 11 is 0. The Morgan fingerprint density at radius 1 is 0.714 bits per heavy atom. The standard InChI is InChI=1S/C22H32N2O4/c1-13(25)23-17(19(27)21(3,4)5)15-10-9-11-16(12-15)18(24-14(2)26)20(28)22(6,7)8/h9-12,17-18H,1-8H3,(H,23,25)(H,24,26). The Morgan fingerprint density at radius 3 is 1.29 bits per heavy atom. The molecule has 1 aromatic carbocycles. The van der Waals surface area contributed by atoms with E-state index in [1.165, 1.54) is 13.8 Å². The average Bonchev–Trinajstić information content (AvgIpc) is 2.54. The van der Waals surface area contributed by atoms with Crippen LogP contribution in [-0.2, 0) is 19.2 Å². The molecular formula is C22H32N2O4. The number of ketones is 2. The van der Waals surface area contributed by atoms with E-state index in [9.17, 15) is 19.2 Å². The fourth-order valence-electron chi connectivity index (χ4n) is 2.79. The van der Waals surface area contributed by atoms with Crippen molar-refractivity contribution >= 4 is 23.4 Å². The summed E-state index contributed by atoms with van der Waals surface area (Å²) in [5.74, 6) is -0.925. The minimum atomic E-state index is -0.833. The van der Waals surface area contributed by atoms with E-state index in [2.05, 4.69) is 10.6 Å². The van der Waals surface area contributed by atoms with Gasteiger partial charge in [0.2, 0.25) is 11.8 Å². The number of carbonyl (C=O) groups is 4. The lowest BCUT2D eigenvalue weighted by molar-refractivity contribution is -0.132. The van der Waals surface area contributed by atoms with Crippen LogP contribution in [0.15, 0.2) is 24.3 Å². The summed E-state index contributed by atoms with van der Waals surface area (Å²) in [5, 5.41) is 5.42. The van der Waals surface area contributed by atoms with E-state index in [1.54, 1.807) is 65.8 Å². The molecule has 2 atom stereocenters. The highest BCUT2D eigenvalue weighted by molar-refractivity contribution is 5.94. The number of hydrogen-bond acceptors (Lipinski definition) is 4. The number of Topliss-reactive ketones (excluding diaryl/α,β-unsaturated/α-hetero) is 2. The van der Waals surface area contributed by atoms with Gasteiger partial charge >= 0.3 is 0 Å². The molecule has 154 valence electrons. The van der Waals surface area contributed by atoms with Gasteiger partial charge in [0, 0.05) is 24.7 Å². The molecule has 2 amide bonds. The minimum Gasteiger partial charge on any atom is -0.342 e. The zero-order valence-corrected chi connectivity index (χ0v) is 18.1. The number of amides is 2. The summed E-state index contributed by atoms with van der Waals surface area (Å²) in [6, 6.07) is 5.23. The number of benzene rings is 1. The van der Waals surface area contributed by atoms with Crippen molar-refractivity contribution in [2.75, 3.05) is 0 Å². The first kappa shape index (κ1) is 23.5. The predicted octanol–water partition coefficient (Wildman–Crippen LogP) is 3.27. The molecule has 0 aromatic heterocycles. The van der Waals surface area contributed by atoms with E-state index in [0.717, 1.165) is 0 Å². The normalized spacial score (nSPS) is 14.0. The van der Waals surface area contributed by atoms with Crippen LogP contribution in [-0.4, -0.2) is 23.4 Å². The van der Waals surface area contributed by atoms with Crippen LogP contribution >= 0.6 is 0 Å². The van der Waals surface area contributed by atoms with E-state index in [0.29, 0.717) is 11.1 Å². The minimum absolute atomic E-state index is 0.141. The van der Waals surface area contributed by atoms with Crippen molar-refractivity contribution in [3.63, 3.8) is 0 Å². The number of nitrogens with one attached hydrogen (secondary N) is 2. The Bertz CT molecular complexity index is 708. The van der Waals surface area contributed by atoms with Crippen molar-refractivity contribution in [3.05, 3.63) is 35.4 Å². The smallest absolute Gasteiger partial charge is 0.217 e. The highest BCUT2D eigenvalue weighted by Gasteiger charge is 2.34. The summed E-state index contributed by atoms with van der Waals surface area (Å²) in [4.78, 5) is 49.2. The van der Waals surface area contributed by atoms with Crippen LogP contribution in [0.25, 0.3) is 0 Å². The molecule has 0 radical (unpaired) electrons. The van der Waals surface area contributed by atoms with Gasteiger partial charge in [-0.25, -0.2) is 0 Å². The molecule has 6 nitrogen and oxygen atoms in total. The highest BCUT2D eigenvalue weighted by atomic mass is 16.2. The van der Waals surface area contributed by atoms with Crippen LogP contribution in [0.4, 0.5) is 0 Å². The van der Waals surface area contributed by atoms with Crippen molar-refractivity contribution < 1.29 is 19.2 Å². The summed E-state index contributed by atoms with van der Waals surface area (Å²) in [6.45, 7) is 13.4. The maximum atomic E-state index is 12.9. The largest absolute Gasteiger partial charge is 0.342 e. The van der Waals surface area contributed by atoms with E-state index in [4.69, 9.17) is 0 Å². The first-order valence-corrected chi connectivity index (χ1v) is 9.37. The summed E-state index contributed by atoms with van der Waals surface area (Å²) in [7, 11) is 0. The maximum absolute atomic E-state index is 12.9. The van der Waals surface area contributed by atoms with Crippen molar-refractivity contribution in [1.82, 2.24) is 10.6 Å². The van der Waals surface area contributed by atoms with Crippen LogP contribution in [0, 0.1) is 10.8 Å². The highest BCUT2D eigenvalue weighted by Crippen LogP contribution is 2.30. The second kappa shape index (κ2) is 8.67. The van der Waals surface area contributed by atoms with Crippen molar-refractivity contribution in [2.45, 2.75) is 67.5 Å². The van der Waals surface area contributed by atoms with Crippen molar-refractivity contribution in [2.24, 2.45) is 10.8 Å². The van der Waals surface area contributed by atoms with Crippen LogP contribution in [0.1, 0.15) is 78.6 Å². The molecule has 0 aliphatic heterocycles. The number of carbonyl (C=O) groups excluding carboxylic acids is 4. The lowest BCUT2D eigenvalue weighted by Gasteiger charge is -2.28. The van der Waals surface area contributed by atoms with Crippen LogP contribution in [0.2, 0.25) is 0 Å². The summed E-state index contributed by atoms with van der Waals surface area (Å²) in [6.07, 6.45) is 0. The molecule has 0 aliphatic carbocycles. The predicted molar refractivity (Wildman–Crippen MR) is 108 cm³/mol. The Hall–Kier alpha value is -2.50. The van der Waals surface area contributed by atoms with E-state index in [-0.39, 0.29) is 23.4 Å². The quantitative estimate of drug-likeness (QED) is 0.782.